The van der Waals surface area contributed by atoms with Crippen LogP contribution in [0.5, 0.6) is 0 Å². The van der Waals surface area contributed by atoms with Crippen LogP contribution >= 0.6 is 23.7 Å². The number of oxazole rings is 1. The second kappa shape index (κ2) is 10.1. The number of thiazole rings is 1. The summed E-state index contributed by atoms with van der Waals surface area (Å²) in [7, 11) is 0. The molecule has 2 heterocycles. The lowest BCUT2D eigenvalue weighted by molar-refractivity contribution is -0.119. The van der Waals surface area contributed by atoms with E-state index in [1.54, 1.807) is 23.1 Å². The first kappa shape index (κ1) is 23.0. The van der Waals surface area contributed by atoms with Crippen molar-refractivity contribution in [2.24, 2.45) is 0 Å². The van der Waals surface area contributed by atoms with Crippen molar-refractivity contribution in [1.82, 2.24) is 14.5 Å². The molecule has 0 radical (unpaired) electrons. The Morgan fingerprint density at radius 2 is 1.77 bits per heavy atom. The molecule has 0 saturated carbocycles. The molecule has 0 atom stereocenters. The highest BCUT2D eigenvalue weighted by Gasteiger charge is 2.22. The summed E-state index contributed by atoms with van der Waals surface area (Å²) in [5.74, 6) is -0.715. The Hall–Kier alpha value is -2.68. The highest BCUT2D eigenvalue weighted by Crippen LogP contribution is 2.29. The van der Waals surface area contributed by atoms with E-state index in [1.165, 1.54) is 15.9 Å². The number of aromatic nitrogens is 2. The molecule has 0 saturated heterocycles. The number of likely N-dealkylation sites (N-methyl/N-ethyl adjacent to an activating group) is 1. The molecule has 2 aromatic carbocycles. The van der Waals surface area contributed by atoms with Crippen LogP contribution in [0.15, 0.2) is 57.7 Å². The van der Waals surface area contributed by atoms with Crippen molar-refractivity contribution >= 4 is 56.1 Å². The molecule has 164 valence electrons. The molecule has 31 heavy (non-hydrogen) atoms. The van der Waals surface area contributed by atoms with Crippen molar-refractivity contribution in [3.63, 3.8) is 0 Å². The number of halogens is 1. The summed E-state index contributed by atoms with van der Waals surface area (Å²) in [6.07, 6.45) is 0. The Labute approximate surface area is 190 Å². The quantitative estimate of drug-likeness (QED) is 0.397. The van der Waals surface area contributed by atoms with Crippen molar-refractivity contribution in [2.75, 3.05) is 31.1 Å². The molecule has 0 unspecified atom stereocenters. The summed E-state index contributed by atoms with van der Waals surface area (Å²) in [6.45, 7) is 7.16. The van der Waals surface area contributed by atoms with Gasteiger partial charge in [-0.1, -0.05) is 49.4 Å². The van der Waals surface area contributed by atoms with Crippen molar-refractivity contribution in [3.05, 3.63) is 59.1 Å². The predicted octanol–water partition coefficient (Wildman–Crippen LogP) is 4.00. The number of rotatable bonds is 8. The van der Waals surface area contributed by atoms with Gasteiger partial charge in [0.1, 0.15) is 6.54 Å². The van der Waals surface area contributed by atoms with Crippen LogP contribution in [0.1, 0.15) is 13.8 Å². The summed E-state index contributed by atoms with van der Waals surface area (Å²) in [4.78, 5) is 34.3. The summed E-state index contributed by atoms with van der Waals surface area (Å²) >= 11 is 1.49. The van der Waals surface area contributed by atoms with Gasteiger partial charge in [-0.2, -0.15) is 0 Å². The lowest BCUT2D eigenvalue weighted by Crippen LogP contribution is -2.41. The maximum absolute atomic E-state index is 13.3. The second-order valence-electron chi connectivity index (χ2n) is 6.96. The van der Waals surface area contributed by atoms with Gasteiger partial charge in [0.25, 0.3) is 0 Å². The van der Waals surface area contributed by atoms with Gasteiger partial charge in [0, 0.05) is 13.1 Å². The number of hydrogen-bond donors (Lipinski definition) is 0. The Balaban J connectivity index is 0.00000272. The number of anilines is 1. The predicted molar refractivity (Wildman–Crippen MR) is 127 cm³/mol. The third-order valence-corrected chi connectivity index (χ3v) is 6.28. The van der Waals surface area contributed by atoms with Crippen LogP contribution in [0, 0.1) is 0 Å². The molecule has 2 aromatic heterocycles. The zero-order valence-corrected chi connectivity index (χ0v) is 19.1. The van der Waals surface area contributed by atoms with E-state index in [0.29, 0.717) is 22.8 Å². The van der Waals surface area contributed by atoms with E-state index < -0.39 is 5.76 Å². The highest BCUT2D eigenvalue weighted by molar-refractivity contribution is 7.22. The van der Waals surface area contributed by atoms with Gasteiger partial charge in [0.15, 0.2) is 10.7 Å². The number of fused-ring (bicyclic) bond motifs is 2. The van der Waals surface area contributed by atoms with Crippen LogP contribution < -0.4 is 10.7 Å². The molecule has 4 rings (SSSR count). The van der Waals surface area contributed by atoms with E-state index in [9.17, 15) is 9.59 Å². The number of nitrogens with zero attached hydrogens (tertiary/aromatic N) is 4. The van der Waals surface area contributed by atoms with Gasteiger partial charge in [0.05, 0.1) is 15.7 Å². The lowest BCUT2D eigenvalue weighted by atomic mass is 10.3. The molecule has 7 nitrogen and oxygen atoms in total. The topological polar surface area (TPSA) is 71.6 Å². The van der Waals surface area contributed by atoms with Crippen LogP contribution in [-0.2, 0) is 11.3 Å². The third-order valence-electron chi connectivity index (χ3n) is 5.22. The molecule has 0 bridgehead atoms. The third kappa shape index (κ3) is 4.81. The van der Waals surface area contributed by atoms with Crippen molar-refractivity contribution in [1.29, 1.82) is 0 Å². The molecular formula is C22H25ClN4O3S. The fourth-order valence-corrected chi connectivity index (χ4v) is 4.48. The van der Waals surface area contributed by atoms with Gasteiger partial charge in [-0.25, -0.2) is 9.78 Å². The fraction of sp³-hybridized carbons (Fsp3) is 0.318. The zero-order valence-electron chi connectivity index (χ0n) is 17.5. The van der Waals surface area contributed by atoms with Crippen LogP contribution in [-0.4, -0.2) is 46.5 Å². The number of para-hydroxylation sites is 3. The minimum Gasteiger partial charge on any atom is -0.408 e. The van der Waals surface area contributed by atoms with Crippen LogP contribution in [0.2, 0.25) is 0 Å². The van der Waals surface area contributed by atoms with Gasteiger partial charge >= 0.3 is 5.76 Å². The van der Waals surface area contributed by atoms with Crippen molar-refractivity contribution < 1.29 is 9.21 Å². The number of amides is 1. The van der Waals surface area contributed by atoms with Gasteiger partial charge < -0.3 is 9.32 Å². The monoisotopic (exact) mass is 460 g/mol. The number of carbonyl (C=O) groups is 1. The largest absolute Gasteiger partial charge is 0.420 e. The Bertz CT molecular complexity index is 1200. The van der Waals surface area contributed by atoms with Crippen LogP contribution in [0.3, 0.4) is 0 Å². The van der Waals surface area contributed by atoms with Gasteiger partial charge in [-0.3, -0.25) is 14.3 Å². The molecule has 0 N–H and O–H groups in total. The molecule has 0 aliphatic rings. The fourth-order valence-electron chi connectivity index (χ4n) is 3.47. The first-order valence-electron chi connectivity index (χ1n) is 10.1. The van der Waals surface area contributed by atoms with Crippen LogP contribution in [0.25, 0.3) is 21.3 Å². The number of carbonyl (C=O) groups excluding carboxylic acids is 1. The average Bonchev–Trinajstić information content (AvgIpc) is 3.32. The Kier molecular flexibility index (Phi) is 7.48. The molecule has 0 spiro atoms. The molecule has 1 amide bonds. The summed E-state index contributed by atoms with van der Waals surface area (Å²) in [5, 5.41) is 0.647. The van der Waals surface area contributed by atoms with Gasteiger partial charge in [0.2, 0.25) is 5.91 Å². The van der Waals surface area contributed by atoms with E-state index in [2.05, 4.69) is 23.7 Å². The number of benzene rings is 2. The SMILES string of the molecule is CCN(CC)CCN(C(=O)Cn1c(=O)oc2ccccc21)c1nc2ccccc2s1.Cl. The van der Waals surface area contributed by atoms with E-state index in [4.69, 9.17) is 4.42 Å². The first-order chi connectivity index (χ1) is 14.6. The minimum absolute atomic E-state index is 0. The summed E-state index contributed by atoms with van der Waals surface area (Å²) < 4.78 is 7.69. The summed E-state index contributed by atoms with van der Waals surface area (Å²) in [5.41, 5.74) is 1.96. The van der Waals surface area contributed by atoms with E-state index in [1.807, 2.05) is 30.3 Å². The van der Waals surface area contributed by atoms with Crippen molar-refractivity contribution in [3.8, 4) is 0 Å². The Morgan fingerprint density at radius 1 is 1.06 bits per heavy atom. The minimum atomic E-state index is -0.530. The maximum Gasteiger partial charge on any atom is 0.420 e. The summed E-state index contributed by atoms with van der Waals surface area (Å²) in [6, 6.07) is 15.0. The number of hydrogen-bond acceptors (Lipinski definition) is 6. The average molecular weight is 461 g/mol. The Morgan fingerprint density at radius 3 is 2.52 bits per heavy atom. The standard InChI is InChI=1S/C22H24N4O3S.ClH/c1-3-24(4-2)13-14-25(21-23-16-9-5-8-12-19(16)30-21)20(27)15-26-17-10-6-7-11-18(17)29-22(26)28;/h5-12H,3-4,13-15H2,1-2H3;1H. The molecule has 4 aromatic rings. The van der Waals surface area contributed by atoms with Gasteiger partial charge in [-0.15, -0.1) is 12.4 Å². The molecule has 0 aliphatic heterocycles. The lowest BCUT2D eigenvalue weighted by Gasteiger charge is -2.24. The zero-order chi connectivity index (χ0) is 21.1. The molecule has 0 aliphatic carbocycles. The normalized spacial score (nSPS) is 11.2. The van der Waals surface area contributed by atoms with E-state index in [0.717, 1.165) is 29.9 Å². The molecular weight excluding hydrogens is 436 g/mol. The molecule has 0 fully saturated rings. The highest BCUT2D eigenvalue weighted by atomic mass is 35.5. The van der Waals surface area contributed by atoms with Crippen LogP contribution in [0.4, 0.5) is 5.13 Å². The maximum atomic E-state index is 13.3. The smallest absolute Gasteiger partial charge is 0.408 e. The second-order valence-corrected chi connectivity index (χ2v) is 7.97. The van der Waals surface area contributed by atoms with E-state index in [-0.39, 0.29) is 24.9 Å². The molecule has 9 heteroatoms. The first-order valence-corrected chi connectivity index (χ1v) is 10.9. The van der Waals surface area contributed by atoms with Crippen molar-refractivity contribution in [2.45, 2.75) is 20.4 Å². The van der Waals surface area contributed by atoms with E-state index >= 15 is 0 Å². The van der Waals surface area contributed by atoms with Gasteiger partial charge in [-0.05, 0) is 37.4 Å².